The average Bonchev–Trinajstić information content (AvgIpc) is 2.94. The molecule has 0 saturated heterocycles. The summed E-state index contributed by atoms with van der Waals surface area (Å²) in [5, 5.41) is 9.82. The summed E-state index contributed by atoms with van der Waals surface area (Å²) in [6.45, 7) is 1.93. The highest BCUT2D eigenvalue weighted by Crippen LogP contribution is 2.24. The number of aromatic amines is 1. The Balaban J connectivity index is 2.23. The maximum atomic E-state index is 12.0. The van der Waals surface area contributed by atoms with Gasteiger partial charge in [0.1, 0.15) is 12.2 Å². The van der Waals surface area contributed by atoms with E-state index in [1.807, 2.05) is 6.92 Å². The zero-order chi connectivity index (χ0) is 14.7. The topological polar surface area (TPSA) is 99.9 Å². The van der Waals surface area contributed by atoms with Crippen LogP contribution in [-0.2, 0) is 0 Å². The molecule has 1 aromatic heterocycles. The van der Waals surface area contributed by atoms with E-state index in [2.05, 4.69) is 20.5 Å². The van der Waals surface area contributed by atoms with Crippen molar-refractivity contribution >= 4 is 17.3 Å². The van der Waals surface area contributed by atoms with Crippen LogP contribution in [0.15, 0.2) is 24.5 Å². The molecule has 0 bridgehead atoms. The van der Waals surface area contributed by atoms with Gasteiger partial charge in [-0.3, -0.25) is 9.89 Å². The van der Waals surface area contributed by atoms with Crippen molar-refractivity contribution in [2.45, 2.75) is 13.0 Å². The molecule has 106 valence electrons. The van der Waals surface area contributed by atoms with Crippen LogP contribution in [-0.4, -0.2) is 40.1 Å². The lowest BCUT2D eigenvalue weighted by atomic mass is 10.1. The number of anilines is 2. The summed E-state index contributed by atoms with van der Waals surface area (Å²) in [7, 11) is 3.42. The molecular weight excluding hydrogens is 256 g/mol. The number of carbonyl (C=O) groups is 1. The number of rotatable bonds is 4. The van der Waals surface area contributed by atoms with Crippen LogP contribution >= 0.6 is 0 Å². The summed E-state index contributed by atoms with van der Waals surface area (Å²) in [6, 6.07) is 5.07. The lowest BCUT2D eigenvalue weighted by Gasteiger charge is -2.16. The van der Waals surface area contributed by atoms with Crippen LogP contribution in [0, 0.1) is 0 Å². The number of hydrogen-bond acceptors (Lipinski definition) is 5. The molecule has 4 N–H and O–H groups in total. The highest BCUT2D eigenvalue weighted by molar-refractivity contribution is 5.95. The minimum atomic E-state index is -0.0930. The molecule has 0 saturated carbocycles. The number of amides is 1. The average molecular weight is 274 g/mol. The molecule has 0 aliphatic carbocycles. The van der Waals surface area contributed by atoms with Crippen LogP contribution in [0.2, 0.25) is 0 Å². The zero-order valence-electron chi connectivity index (χ0n) is 11.7. The van der Waals surface area contributed by atoms with E-state index in [-0.39, 0.29) is 11.9 Å². The number of nitrogens with two attached hydrogens (primary N) is 1. The molecule has 1 unspecified atom stereocenters. The van der Waals surface area contributed by atoms with Gasteiger partial charge in [-0.1, -0.05) is 0 Å². The van der Waals surface area contributed by atoms with Gasteiger partial charge in [-0.2, -0.15) is 5.10 Å². The fourth-order valence-corrected chi connectivity index (χ4v) is 1.80. The standard InChI is InChI=1S/C13H18N6O/c1-8(12-15-7-16-18-12)17-11-6-9(4-5-10(11)14)13(20)19(2)3/h4-8,17H,14H2,1-3H3,(H,15,16,18). The van der Waals surface area contributed by atoms with Crippen molar-refractivity contribution in [3.63, 3.8) is 0 Å². The molecule has 20 heavy (non-hydrogen) atoms. The van der Waals surface area contributed by atoms with Crippen LogP contribution in [0.5, 0.6) is 0 Å². The number of H-pyrrole nitrogens is 1. The van der Waals surface area contributed by atoms with Gasteiger partial charge in [-0.25, -0.2) is 4.98 Å². The third-order valence-corrected chi connectivity index (χ3v) is 2.92. The van der Waals surface area contributed by atoms with Crippen molar-refractivity contribution in [1.82, 2.24) is 20.1 Å². The van der Waals surface area contributed by atoms with Crippen molar-refractivity contribution in [2.24, 2.45) is 0 Å². The van der Waals surface area contributed by atoms with Crippen LogP contribution < -0.4 is 11.1 Å². The van der Waals surface area contributed by atoms with Crippen molar-refractivity contribution < 1.29 is 4.79 Å². The third kappa shape index (κ3) is 2.87. The number of benzene rings is 1. The van der Waals surface area contributed by atoms with Crippen LogP contribution in [0.3, 0.4) is 0 Å². The fraction of sp³-hybridized carbons (Fsp3) is 0.308. The van der Waals surface area contributed by atoms with E-state index in [4.69, 9.17) is 5.73 Å². The lowest BCUT2D eigenvalue weighted by Crippen LogP contribution is -2.22. The second-order valence-corrected chi connectivity index (χ2v) is 4.74. The number of aromatic nitrogens is 3. The summed E-state index contributed by atoms with van der Waals surface area (Å²) in [6.07, 6.45) is 1.45. The minimum absolute atomic E-state index is 0.0691. The van der Waals surface area contributed by atoms with E-state index in [9.17, 15) is 4.79 Å². The molecular formula is C13H18N6O. The Morgan fingerprint density at radius 2 is 2.20 bits per heavy atom. The Hall–Kier alpha value is -2.57. The first-order chi connectivity index (χ1) is 9.49. The number of hydrogen-bond donors (Lipinski definition) is 3. The van der Waals surface area contributed by atoms with Crippen molar-refractivity contribution in [2.75, 3.05) is 25.1 Å². The van der Waals surface area contributed by atoms with Crippen molar-refractivity contribution in [3.05, 3.63) is 35.9 Å². The first kappa shape index (κ1) is 13.9. The number of nitrogen functional groups attached to an aromatic ring is 1. The second kappa shape index (κ2) is 5.60. The minimum Gasteiger partial charge on any atom is -0.397 e. The largest absolute Gasteiger partial charge is 0.397 e. The van der Waals surface area contributed by atoms with Gasteiger partial charge in [0.15, 0.2) is 0 Å². The van der Waals surface area contributed by atoms with Gasteiger partial charge in [0, 0.05) is 19.7 Å². The Labute approximate surface area is 117 Å². The Morgan fingerprint density at radius 1 is 1.45 bits per heavy atom. The van der Waals surface area contributed by atoms with Crippen molar-refractivity contribution in [3.8, 4) is 0 Å². The molecule has 7 nitrogen and oxygen atoms in total. The maximum absolute atomic E-state index is 12.0. The summed E-state index contributed by atoms with van der Waals surface area (Å²) in [5.41, 5.74) is 7.79. The summed E-state index contributed by atoms with van der Waals surface area (Å²) in [5.74, 6) is 0.633. The van der Waals surface area contributed by atoms with E-state index in [0.29, 0.717) is 22.8 Å². The van der Waals surface area contributed by atoms with Crippen molar-refractivity contribution in [1.29, 1.82) is 0 Å². The number of carbonyl (C=O) groups excluding carboxylic acids is 1. The van der Waals surface area contributed by atoms with Crippen LogP contribution in [0.4, 0.5) is 11.4 Å². The lowest BCUT2D eigenvalue weighted by molar-refractivity contribution is 0.0827. The highest BCUT2D eigenvalue weighted by atomic mass is 16.2. The summed E-state index contributed by atoms with van der Waals surface area (Å²) in [4.78, 5) is 17.6. The molecule has 0 radical (unpaired) electrons. The predicted octanol–water partition coefficient (Wildman–Crippen LogP) is 1.26. The smallest absolute Gasteiger partial charge is 0.253 e. The van der Waals surface area contributed by atoms with Gasteiger partial charge in [0.2, 0.25) is 0 Å². The van der Waals surface area contributed by atoms with Crippen LogP contribution in [0.1, 0.15) is 29.1 Å². The molecule has 2 rings (SSSR count). The molecule has 0 fully saturated rings. The van der Waals surface area contributed by atoms with E-state index in [0.717, 1.165) is 0 Å². The van der Waals surface area contributed by atoms with Gasteiger partial charge >= 0.3 is 0 Å². The molecule has 0 aliphatic heterocycles. The van der Waals surface area contributed by atoms with Gasteiger partial charge < -0.3 is 16.0 Å². The number of nitrogens with zero attached hydrogens (tertiary/aromatic N) is 3. The SMILES string of the molecule is CC(Nc1cc(C(=O)N(C)C)ccc1N)c1ncn[nH]1. The predicted molar refractivity (Wildman–Crippen MR) is 77.3 cm³/mol. The van der Waals surface area contributed by atoms with E-state index in [1.165, 1.54) is 11.2 Å². The normalized spacial score (nSPS) is 11.9. The first-order valence-electron chi connectivity index (χ1n) is 6.22. The Bertz CT molecular complexity index is 593. The maximum Gasteiger partial charge on any atom is 0.253 e. The molecule has 0 spiro atoms. The van der Waals surface area contributed by atoms with Crippen LogP contribution in [0.25, 0.3) is 0 Å². The molecule has 7 heteroatoms. The van der Waals surface area contributed by atoms with Gasteiger partial charge in [0.25, 0.3) is 5.91 Å². The fourth-order valence-electron chi connectivity index (χ4n) is 1.80. The summed E-state index contributed by atoms with van der Waals surface area (Å²) < 4.78 is 0. The number of nitrogens with one attached hydrogen (secondary N) is 2. The van der Waals surface area contributed by atoms with E-state index < -0.39 is 0 Å². The zero-order valence-corrected chi connectivity index (χ0v) is 11.7. The molecule has 1 amide bonds. The quantitative estimate of drug-likeness (QED) is 0.729. The Kier molecular flexibility index (Phi) is 3.88. The highest BCUT2D eigenvalue weighted by Gasteiger charge is 2.13. The molecule has 2 aromatic rings. The third-order valence-electron chi connectivity index (χ3n) is 2.92. The second-order valence-electron chi connectivity index (χ2n) is 4.74. The molecule has 1 atom stereocenters. The Morgan fingerprint density at radius 3 is 2.80 bits per heavy atom. The first-order valence-corrected chi connectivity index (χ1v) is 6.22. The molecule has 1 aromatic carbocycles. The monoisotopic (exact) mass is 274 g/mol. The summed E-state index contributed by atoms with van der Waals surface area (Å²) >= 11 is 0. The van der Waals surface area contributed by atoms with Gasteiger partial charge in [0.05, 0.1) is 17.4 Å². The van der Waals surface area contributed by atoms with Gasteiger partial charge in [-0.15, -0.1) is 0 Å². The molecule has 0 aliphatic rings. The van der Waals surface area contributed by atoms with E-state index >= 15 is 0 Å². The van der Waals surface area contributed by atoms with E-state index in [1.54, 1.807) is 32.3 Å². The van der Waals surface area contributed by atoms with Gasteiger partial charge in [-0.05, 0) is 25.1 Å². The molecule has 1 heterocycles.